The van der Waals surface area contributed by atoms with Crippen molar-refractivity contribution in [3.05, 3.63) is 23.8 Å². The zero-order chi connectivity index (χ0) is 16.1. The van der Waals surface area contributed by atoms with E-state index in [0.29, 0.717) is 22.1 Å². The van der Waals surface area contributed by atoms with Gasteiger partial charge in [0.25, 0.3) is 11.8 Å². The Labute approximate surface area is 126 Å². The maximum absolute atomic E-state index is 11.5. The number of benzene rings is 1. The Bertz CT molecular complexity index is 561. The van der Waals surface area contributed by atoms with Gasteiger partial charge in [0, 0.05) is 18.9 Å². The van der Waals surface area contributed by atoms with Crippen LogP contribution in [0.4, 0.5) is 4.79 Å². The number of amides is 2. The molecule has 1 fully saturated rings. The van der Waals surface area contributed by atoms with Gasteiger partial charge in [-0.15, -0.1) is 0 Å². The summed E-state index contributed by atoms with van der Waals surface area (Å²) in [4.78, 5) is 38.7. The number of hydrogen-bond acceptors (Lipinski definition) is 7. The molecule has 8 nitrogen and oxygen atoms in total. The second-order valence-corrected chi connectivity index (χ2v) is 4.43. The second kappa shape index (κ2) is 6.79. The van der Waals surface area contributed by atoms with E-state index in [0.717, 1.165) is 0 Å². The van der Waals surface area contributed by atoms with Gasteiger partial charge >= 0.3 is 6.16 Å². The summed E-state index contributed by atoms with van der Waals surface area (Å²) in [5.41, 5.74) is 0.604. The molecule has 0 aromatic heterocycles. The Morgan fingerprint density at radius 1 is 1.05 bits per heavy atom. The molecule has 0 spiro atoms. The van der Waals surface area contributed by atoms with Gasteiger partial charge in [-0.25, -0.2) is 4.79 Å². The van der Waals surface area contributed by atoms with E-state index in [1.54, 1.807) is 18.2 Å². The lowest BCUT2D eigenvalue weighted by molar-refractivity contribution is -0.177. The molecule has 0 saturated carbocycles. The largest absolute Gasteiger partial charge is 0.534 e. The first-order valence-corrected chi connectivity index (χ1v) is 6.46. The molecule has 1 heterocycles. The maximum atomic E-state index is 11.5. The number of ether oxygens (including phenoxy) is 3. The summed E-state index contributed by atoms with van der Waals surface area (Å²) in [5, 5.41) is 0.425. The molecular weight excluding hydrogens is 294 g/mol. The van der Waals surface area contributed by atoms with Crippen molar-refractivity contribution in [1.82, 2.24) is 5.06 Å². The normalized spacial score (nSPS) is 14.0. The van der Waals surface area contributed by atoms with Crippen molar-refractivity contribution < 1.29 is 33.4 Å². The second-order valence-electron chi connectivity index (χ2n) is 4.43. The highest BCUT2D eigenvalue weighted by molar-refractivity contribution is 6.01. The number of carbonyl (C=O) groups is 3. The summed E-state index contributed by atoms with van der Waals surface area (Å²) in [6.07, 6.45) is -1.08. The molecule has 0 radical (unpaired) electrons. The van der Waals surface area contributed by atoms with Crippen molar-refractivity contribution in [3.63, 3.8) is 0 Å². The van der Waals surface area contributed by atoms with Crippen molar-refractivity contribution in [3.8, 4) is 11.5 Å². The van der Waals surface area contributed by atoms with Gasteiger partial charge in [0.05, 0.1) is 14.2 Å². The SMILES string of the molecule is COc1cc(COC(=O)ON2C(=O)CCC2=O)cc(OC)c1. The van der Waals surface area contributed by atoms with Gasteiger partial charge in [-0.05, 0) is 17.7 Å². The first-order chi connectivity index (χ1) is 10.5. The molecular formula is C14H15NO7. The highest BCUT2D eigenvalue weighted by atomic mass is 16.8. The molecule has 8 heteroatoms. The first kappa shape index (κ1) is 15.6. The molecule has 1 aliphatic rings. The van der Waals surface area contributed by atoms with Crippen LogP contribution in [0.2, 0.25) is 0 Å². The van der Waals surface area contributed by atoms with Crippen LogP contribution >= 0.6 is 0 Å². The zero-order valence-electron chi connectivity index (χ0n) is 12.2. The molecule has 1 aromatic rings. The van der Waals surface area contributed by atoms with E-state index >= 15 is 0 Å². The predicted octanol–water partition coefficient (Wildman–Crippen LogP) is 1.42. The monoisotopic (exact) mass is 309 g/mol. The van der Waals surface area contributed by atoms with E-state index in [9.17, 15) is 14.4 Å². The smallest absolute Gasteiger partial charge is 0.497 e. The van der Waals surface area contributed by atoms with Gasteiger partial charge in [0.15, 0.2) is 0 Å². The number of nitrogens with zero attached hydrogens (tertiary/aromatic N) is 1. The number of rotatable bonds is 5. The zero-order valence-corrected chi connectivity index (χ0v) is 12.2. The summed E-state index contributed by atoms with van der Waals surface area (Å²) >= 11 is 0. The minimum atomic E-state index is -1.13. The quantitative estimate of drug-likeness (QED) is 0.600. The fourth-order valence-electron chi connectivity index (χ4n) is 1.85. The number of hydroxylamine groups is 2. The van der Waals surface area contributed by atoms with E-state index in [1.807, 2.05) is 0 Å². The molecule has 0 unspecified atom stereocenters. The standard InChI is InChI=1S/C14H15NO7/c1-19-10-5-9(6-11(7-10)20-2)8-21-14(18)22-15-12(16)3-4-13(15)17/h5-7H,3-4,8H2,1-2H3. The molecule has 0 N–H and O–H groups in total. The topological polar surface area (TPSA) is 91.4 Å². The molecule has 1 saturated heterocycles. The highest BCUT2D eigenvalue weighted by Gasteiger charge is 2.33. The van der Waals surface area contributed by atoms with Crippen LogP contribution in [-0.2, 0) is 25.8 Å². The van der Waals surface area contributed by atoms with Gasteiger partial charge in [-0.1, -0.05) is 5.06 Å². The van der Waals surface area contributed by atoms with Crippen LogP contribution in [0.25, 0.3) is 0 Å². The van der Waals surface area contributed by atoms with Crippen molar-refractivity contribution in [2.24, 2.45) is 0 Å². The van der Waals surface area contributed by atoms with E-state index < -0.39 is 18.0 Å². The van der Waals surface area contributed by atoms with Crippen LogP contribution in [0.5, 0.6) is 11.5 Å². The predicted molar refractivity (Wildman–Crippen MR) is 71.9 cm³/mol. The fourth-order valence-corrected chi connectivity index (χ4v) is 1.85. The third kappa shape index (κ3) is 3.66. The lowest BCUT2D eigenvalue weighted by Crippen LogP contribution is -2.32. The molecule has 2 amide bonds. The van der Waals surface area contributed by atoms with Crippen LogP contribution in [0.1, 0.15) is 18.4 Å². The molecule has 118 valence electrons. The summed E-state index contributed by atoms with van der Waals surface area (Å²) in [6.45, 7) is -0.122. The van der Waals surface area contributed by atoms with E-state index in [2.05, 4.69) is 4.84 Å². The van der Waals surface area contributed by atoms with E-state index in [-0.39, 0.29) is 19.4 Å². The minimum Gasteiger partial charge on any atom is -0.497 e. The maximum Gasteiger partial charge on any atom is 0.534 e. The minimum absolute atomic E-state index is 0.0270. The number of carbonyl (C=O) groups excluding carboxylic acids is 3. The van der Waals surface area contributed by atoms with Crippen LogP contribution < -0.4 is 9.47 Å². The van der Waals surface area contributed by atoms with E-state index in [4.69, 9.17) is 14.2 Å². The van der Waals surface area contributed by atoms with Crippen molar-refractivity contribution in [2.45, 2.75) is 19.4 Å². The van der Waals surface area contributed by atoms with Crippen LogP contribution in [0.3, 0.4) is 0 Å². The van der Waals surface area contributed by atoms with Crippen LogP contribution in [-0.4, -0.2) is 37.3 Å². The molecule has 0 atom stereocenters. The van der Waals surface area contributed by atoms with Crippen molar-refractivity contribution in [1.29, 1.82) is 0 Å². The first-order valence-electron chi connectivity index (χ1n) is 6.46. The Hall–Kier alpha value is -2.77. The lowest BCUT2D eigenvalue weighted by atomic mass is 10.2. The fraction of sp³-hybridized carbons (Fsp3) is 0.357. The van der Waals surface area contributed by atoms with Crippen molar-refractivity contribution >= 4 is 18.0 Å². The van der Waals surface area contributed by atoms with E-state index in [1.165, 1.54) is 14.2 Å². The summed E-state index contributed by atoms with van der Waals surface area (Å²) < 4.78 is 15.0. The average molecular weight is 309 g/mol. The highest BCUT2D eigenvalue weighted by Crippen LogP contribution is 2.23. The third-order valence-corrected chi connectivity index (χ3v) is 2.94. The van der Waals surface area contributed by atoms with Gasteiger partial charge in [0.2, 0.25) is 0 Å². The number of hydrogen-bond donors (Lipinski definition) is 0. The van der Waals surface area contributed by atoms with Gasteiger partial charge < -0.3 is 14.2 Å². The number of imide groups is 1. The Balaban J connectivity index is 1.93. The van der Waals surface area contributed by atoms with Crippen LogP contribution in [0, 0.1) is 0 Å². The molecule has 1 aliphatic heterocycles. The van der Waals surface area contributed by atoms with Crippen molar-refractivity contribution in [2.75, 3.05) is 14.2 Å². The Morgan fingerprint density at radius 3 is 2.09 bits per heavy atom. The summed E-state index contributed by atoms with van der Waals surface area (Å²) in [5.74, 6) is -0.0533. The third-order valence-electron chi connectivity index (χ3n) is 2.94. The van der Waals surface area contributed by atoms with Gasteiger partial charge in [0.1, 0.15) is 18.1 Å². The molecule has 1 aromatic carbocycles. The Kier molecular flexibility index (Phi) is 4.82. The molecule has 0 aliphatic carbocycles. The summed E-state index contributed by atoms with van der Waals surface area (Å²) in [7, 11) is 3.00. The molecule has 0 bridgehead atoms. The molecule has 22 heavy (non-hydrogen) atoms. The molecule has 2 rings (SSSR count). The van der Waals surface area contributed by atoms with Gasteiger partial charge in [-0.3, -0.25) is 14.4 Å². The lowest BCUT2D eigenvalue weighted by Gasteiger charge is -2.13. The average Bonchev–Trinajstić information content (AvgIpc) is 2.84. The van der Waals surface area contributed by atoms with Gasteiger partial charge in [-0.2, -0.15) is 0 Å². The van der Waals surface area contributed by atoms with Crippen LogP contribution in [0.15, 0.2) is 18.2 Å². The summed E-state index contributed by atoms with van der Waals surface area (Å²) in [6, 6.07) is 4.98. The number of methoxy groups -OCH3 is 2. The Morgan fingerprint density at radius 2 is 1.59 bits per heavy atom.